The number of alkyl halides is 3. The van der Waals surface area contributed by atoms with Gasteiger partial charge in [0.25, 0.3) is 0 Å². The minimum absolute atomic E-state index is 0.218. The number of hydrogen-bond acceptors (Lipinski definition) is 5. The quantitative estimate of drug-likeness (QED) is 0.632. The zero-order valence-corrected chi connectivity index (χ0v) is 16.5. The van der Waals surface area contributed by atoms with Gasteiger partial charge in [0.15, 0.2) is 0 Å². The first-order valence-electron chi connectivity index (χ1n) is 8.45. The molecule has 0 N–H and O–H groups in total. The third kappa shape index (κ3) is 3.74. The lowest BCUT2D eigenvalue weighted by Gasteiger charge is -2.32. The molecular weight excluding hydrogens is 401 g/mol. The lowest BCUT2D eigenvalue weighted by Crippen LogP contribution is -2.28. The summed E-state index contributed by atoms with van der Waals surface area (Å²) in [6, 6.07) is 6.47. The molecule has 5 nitrogen and oxygen atoms in total. The van der Waals surface area contributed by atoms with Gasteiger partial charge in [0, 0.05) is 22.7 Å². The van der Waals surface area contributed by atoms with Crippen LogP contribution in [0.5, 0.6) is 5.75 Å². The van der Waals surface area contributed by atoms with E-state index in [4.69, 9.17) is 16.6 Å². The van der Waals surface area contributed by atoms with E-state index in [2.05, 4.69) is 14.8 Å². The SMILES string of the molecule is [C-]#[N+]C1=C(C(F)(F)F)N=C(C)C(c2nc(C)cs2)C1c1ccc(C#N)cc1OC. The molecule has 0 aliphatic carbocycles. The number of aromatic nitrogens is 1. The van der Waals surface area contributed by atoms with E-state index in [-0.39, 0.29) is 11.5 Å². The predicted octanol–water partition coefficient (Wildman–Crippen LogP) is 5.37. The van der Waals surface area contributed by atoms with Crippen molar-refractivity contribution in [1.82, 2.24) is 4.98 Å². The number of allylic oxidation sites excluding steroid dienone is 2. The molecule has 0 amide bonds. The molecule has 0 saturated carbocycles. The number of benzene rings is 1. The number of rotatable bonds is 3. The van der Waals surface area contributed by atoms with Crippen LogP contribution in [0.1, 0.15) is 40.6 Å². The fraction of sp³-hybridized carbons (Fsp3) is 0.300. The van der Waals surface area contributed by atoms with Gasteiger partial charge in [-0.15, -0.1) is 11.3 Å². The van der Waals surface area contributed by atoms with Crippen molar-refractivity contribution in [2.75, 3.05) is 7.11 Å². The highest BCUT2D eigenvalue weighted by molar-refractivity contribution is 7.09. The second-order valence-corrected chi connectivity index (χ2v) is 7.34. The molecule has 148 valence electrons. The van der Waals surface area contributed by atoms with Crippen molar-refractivity contribution in [3.05, 3.63) is 68.2 Å². The zero-order chi connectivity index (χ0) is 21.3. The van der Waals surface area contributed by atoms with Crippen LogP contribution in [0, 0.1) is 24.8 Å². The van der Waals surface area contributed by atoms with Crippen molar-refractivity contribution < 1.29 is 17.9 Å². The van der Waals surface area contributed by atoms with E-state index < -0.39 is 29.4 Å². The smallest absolute Gasteiger partial charge is 0.423 e. The lowest BCUT2D eigenvalue weighted by molar-refractivity contribution is -0.0935. The van der Waals surface area contributed by atoms with Crippen molar-refractivity contribution in [3.8, 4) is 11.8 Å². The van der Waals surface area contributed by atoms with Crippen LogP contribution in [0.4, 0.5) is 13.2 Å². The Morgan fingerprint density at radius 3 is 2.52 bits per heavy atom. The van der Waals surface area contributed by atoms with Crippen LogP contribution < -0.4 is 4.74 Å². The molecule has 2 unspecified atom stereocenters. The summed E-state index contributed by atoms with van der Waals surface area (Å²) < 4.78 is 46.4. The molecule has 3 rings (SSSR count). The van der Waals surface area contributed by atoms with E-state index in [1.807, 2.05) is 6.07 Å². The van der Waals surface area contributed by atoms with Gasteiger partial charge < -0.3 is 4.74 Å². The Morgan fingerprint density at radius 1 is 1.28 bits per heavy atom. The van der Waals surface area contributed by atoms with Gasteiger partial charge in [0.2, 0.25) is 5.70 Å². The van der Waals surface area contributed by atoms with E-state index in [0.717, 1.165) is 5.69 Å². The number of ether oxygens (including phenoxy) is 1. The first-order valence-corrected chi connectivity index (χ1v) is 9.33. The standard InChI is InChI=1S/C20H15F3N4OS/c1-10-9-29-19(26-10)15-11(2)27-18(20(21,22)23)17(25-3)16(15)13-6-5-12(8-24)7-14(13)28-4/h5-7,9,15-16H,1-2,4H3. The van der Waals surface area contributed by atoms with Gasteiger partial charge in [0.1, 0.15) is 16.5 Å². The van der Waals surface area contributed by atoms with Gasteiger partial charge in [-0.2, -0.15) is 18.4 Å². The molecule has 0 radical (unpaired) electrons. The first kappa shape index (κ1) is 20.6. The van der Waals surface area contributed by atoms with E-state index in [9.17, 15) is 13.2 Å². The monoisotopic (exact) mass is 416 g/mol. The molecule has 0 saturated heterocycles. The number of nitrogens with zero attached hydrogens (tertiary/aromatic N) is 4. The van der Waals surface area contributed by atoms with E-state index >= 15 is 0 Å². The average molecular weight is 416 g/mol. The molecule has 1 aromatic carbocycles. The van der Waals surface area contributed by atoms with Gasteiger partial charge in [-0.05, 0) is 31.5 Å². The highest BCUT2D eigenvalue weighted by atomic mass is 32.1. The fourth-order valence-electron chi connectivity index (χ4n) is 3.38. The summed E-state index contributed by atoms with van der Waals surface area (Å²) in [6.07, 6.45) is -4.77. The molecule has 1 aliphatic heterocycles. The first-order chi connectivity index (χ1) is 13.7. The Balaban J connectivity index is 2.33. The Hall–Kier alpha value is -3.17. The van der Waals surface area contributed by atoms with E-state index in [0.29, 0.717) is 16.1 Å². The van der Waals surface area contributed by atoms with Crippen LogP contribution in [0.25, 0.3) is 4.85 Å². The summed E-state index contributed by atoms with van der Waals surface area (Å²) in [5.74, 6) is -1.40. The summed E-state index contributed by atoms with van der Waals surface area (Å²) in [5.41, 5.74) is -0.0760. The second kappa shape index (κ2) is 7.69. The highest BCUT2D eigenvalue weighted by Gasteiger charge is 2.46. The average Bonchev–Trinajstić information content (AvgIpc) is 3.11. The summed E-state index contributed by atoms with van der Waals surface area (Å²) in [6.45, 7) is 10.8. The topological polar surface area (TPSA) is 62.6 Å². The van der Waals surface area contributed by atoms with E-state index in [1.54, 1.807) is 12.3 Å². The molecule has 2 heterocycles. The maximum Gasteiger partial charge on any atom is 0.423 e. The van der Waals surface area contributed by atoms with Crippen LogP contribution in [0.15, 0.2) is 40.0 Å². The Morgan fingerprint density at radius 2 is 2.00 bits per heavy atom. The molecular formula is C20H15F3N4OS. The normalized spacial score (nSPS) is 19.4. The minimum Gasteiger partial charge on any atom is -0.496 e. The number of aliphatic imine (C=N–C) groups is 1. The summed E-state index contributed by atoms with van der Waals surface area (Å²) in [4.78, 5) is 11.5. The Bertz CT molecular complexity index is 1100. The largest absolute Gasteiger partial charge is 0.496 e. The van der Waals surface area contributed by atoms with Crippen molar-refractivity contribution >= 4 is 17.0 Å². The fourth-order valence-corrected chi connectivity index (χ4v) is 4.38. The van der Waals surface area contributed by atoms with Crippen molar-refractivity contribution in [1.29, 1.82) is 5.26 Å². The highest BCUT2D eigenvalue weighted by Crippen LogP contribution is 2.50. The van der Waals surface area contributed by atoms with E-state index in [1.165, 1.54) is 43.6 Å². The third-order valence-electron chi connectivity index (χ3n) is 4.60. The van der Waals surface area contributed by atoms with Gasteiger partial charge in [0.05, 0.1) is 31.2 Å². The van der Waals surface area contributed by atoms with Crippen LogP contribution >= 0.6 is 11.3 Å². The second-order valence-electron chi connectivity index (χ2n) is 6.45. The minimum atomic E-state index is -4.77. The molecule has 1 aromatic heterocycles. The number of nitriles is 1. The molecule has 29 heavy (non-hydrogen) atoms. The Kier molecular flexibility index (Phi) is 5.45. The van der Waals surface area contributed by atoms with Crippen LogP contribution in [-0.4, -0.2) is 24.0 Å². The molecule has 0 fully saturated rings. The molecule has 0 spiro atoms. The number of hydrogen-bond donors (Lipinski definition) is 0. The Labute approximate surface area is 169 Å². The van der Waals surface area contributed by atoms with Gasteiger partial charge >= 0.3 is 6.18 Å². The summed E-state index contributed by atoms with van der Waals surface area (Å²) >= 11 is 1.31. The third-order valence-corrected chi connectivity index (χ3v) is 5.64. The zero-order valence-electron chi connectivity index (χ0n) is 15.7. The molecule has 1 aliphatic rings. The number of aryl methyl sites for hydroxylation is 1. The summed E-state index contributed by atoms with van der Waals surface area (Å²) in [7, 11) is 1.37. The molecule has 9 heteroatoms. The van der Waals surface area contributed by atoms with Crippen LogP contribution in [0.2, 0.25) is 0 Å². The van der Waals surface area contributed by atoms with Crippen LogP contribution in [-0.2, 0) is 0 Å². The van der Waals surface area contributed by atoms with Gasteiger partial charge in [-0.3, -0.25) is 4.99 Å². The van der Waals surface area contributed by atoms with Crippen LogP contribution in [0.3, 0.4) is 0 Å². The van der Waals surface area contributed by atoms with Crippen molar-refractivity contribution in [2.24, 2.45) is 4.99 Å². The molecule has 2 atom stereocenters. The van der Waals surface area contributed by atoms with Crippen molar-refractivity contribution in [3.63, 3.8) is 0 Å². The maximum atomic E-state index is 13.7. The maximum absolute atomic E-state index is 13.7. The predicted molar refractivity (Wildman–Crippen MR) is 103 cm³/mol. The molecule has 2 aromatic rings. The summed E-state index contributed by atoms with van der Waals surface area (Å²) in [5, 5.41) is 11.5. The van der Waals surface area contributed by atoms with Gasteiger partial charge in [-0.1, -0.05) is 6.07 Å². The van der Waals surface area contributed by atoms with Gasteiger partial charge in [-0.25, -0.2) is 9.83 Å². The lowest BCUT2D eigenvalue weighted by atomic mass is 9.78. The molecule has 0 bridgehead atoms. The number of thiazole rings is 1. The van der Waals surface area contributed by atoms with Crippen molar-refractivity contribution in [2.45, 2.75) is 31.9 Å². The number of halogens is 3. The number of methoxy groups -OCH3 is 1.